The lowest BCUT2D eigenvalue weighted by atomic mass is 10.1. The maximum atomic E-state index is 7.81. The highest BCUT2D eigenvalue weighted by atomic mass is 15.3. The Labute approximate surface area is 121 Å². The summed E-state index contributed by atoms with van der Waals surface area (Å²) in [5.41, 5.74) is 9.43. The van der Waals surface area contributed by atoms with Gasteiger partial charge in [-0.3, -0.25) is 15.3 Å². The largest absolute Gasteiger partial charge is 0.384 e. The molecule has 110 valence electrons. The van der Waals surface area contributed by atoms with Gasteiger partial charge in [0.15, 0.2) is 0 Å². The third kappa shape index (κ3) is 2.93. The Morgan fingerprint density at radius 3 is 2.35 bits per heavy atom. The minimum Gasteiger partial charge on any atom is -0.384 e. The van der Waals surface area contributed by atoms with Gasteiger partial charge in [-0.2, -0.15) is 0 Å². The smallest absolute Gasteiger partial charge is 0.126 e. The maximum Gasteiger partial charge on any atom is 0.126 e. The normalized spacial score (nSPS) is 16.8. The zero-order valence-corrected chi connectivity index (χ0v) is 12.9. The first-order valence-electron chi connectivity index (χ1n) is 7.21. The summed E-state index contributed by atoms with van der Waals surface area (Å²) >= 11 is 0. The molecule has 5 nitrogen and oxygen atoms in total. The summed E-state index contributed by atoms with van der Waals surface area (Å²) in [6, 6.07) is 2.64. The van der Waals surface area contributed by atoms with E-state index in [0.29, 0.717) is 6.04 Å². The van der Waals surface area contributed by atoms with Crippen LogP contribution < -0.4 is 10.6 Å². The van der Waals surface area contributed by atoms with Crippen LogP contribution in [0.5, 0.6) is 0 Å². The van der Waals surface area contributed by atoms with E-state index in [2.05, 4.69) is 34.7 Å². The molecule has 1 saturated heterocycles. The molecule has 1 aromatic rings. The van der Waals surface area contributed by atoms with Gasteiger partial charge >= 0.3 is 0 Å². The second-order valence-electron chi connectivity index (χ2n) is 5.77. The molecule has 2 heterocycles. The van der Waals surface area contributed by atoms with Gasteiger partial charge in [0.1, 0.15) is 5.84 Å². The van der Waals surface area contributed by atoms with Crippen molar-refractivity contribution in [2.75, 3.05) is 31.1 Å². The number of amidine groups is 1. The van der Waals surface area contributed by atoms with Gasteiger partial charge in [0.05, 0.1) is 16.9 Å². The number of aryl methyl sites for hydroxylation is 2. The Bertz CT molecular complexity index is 501. The van der Waals surface area contributed by atoms with Crippen LogP contribution in [0.3, 0.4) is 0 Å². The highest BCUT2D eigenvalue weighted by Crippen LogP contribution is 2.25. The molecule has 1 aromatic heterocycles. The highest BCUT2D eigenvalue weighted by molar-refractivity contribution is 6.01. The molecule has 3 N–H and O–H groups in total. The van der Waals surface area contributed by atoms with Crippen LogP contribution >= 0.6 is 0 Å². The quantitative estimate of drug-likeness (QED) is 0.648. The van der Waals surface area contributed by atoms with Crippen LogP contribution in [0.25, 0.3) is 0 Å². The van der Waals surface area contributed by atoms with Gasteiger partial charge in [-0.15, -0.1) is 0 Å². The van der Waals surface area contributed by atoms with Crippen molar-refractivity contribution in [2.45, 2.75) is 33.7 Å². The topological polar surface area (TPSA) is 69.2 Å². The number of pyridine rings is 1. The second kappa shape index (κ2) is 5.79. The Morgan fingerprint density at radius 1 is 1.25 bits per heavy atom. The van der Waals surface area contributed by atoms with Crippen LogP contribution in [0.15, 0.2) is 6.07 Å². The molecule has 0 amide bonds. The van der Waals surface area contributed by atoms with E-state index in [9.17, 15) is 0 Å². The fourth-order valence-electron chi connectivity index (χ4n) is 2.87. The number of nitrogens with two attached hydrogens (primary N) is 1. The van der Waals surface area contributed by atoms with E-state index in [-0.39, 0.29) is 5.84 Å². The first-order chi connectivity index (χ1) is 9.40. The third-order valence-corrected chi connectivity index (χ3v) is 3.96. The summed E-state index contributed by atoms with van der Waals surface area (Å²) in [7, 11) is 0. The molecule has 0 unspecified atom stereocenters. The minimum absolute atomic E-state index is 0.108. The number of hydrogen-bond acceptors (Lipinski definition) is 4. The Kier molecular flexibility index (Phi) is 4.28. The molecule has 0 spiro atoms. The number of anilines is 1. The van der Waals surface area contributed by atoms with Crippen LogP contribution in [0.2, 0.25) is 0 Å². The predicted octanol–water partition coefficient (Wildman–Crippen LogP) is 1.51. The summed E-state index contributed by atoms with van der Waals surface area (Å²) in [6.07, 6.45) is 0. The van der Waals surface area contributed by atoms with Crippen molar-refractivity contribution in [3.05, 3.63) is 23.0 Å². The zero-order valence-electron chi connectivity index (χ0n) is 12.9. The van der Waals surface area contributed by atoms with Gasteiger partial charge in [-0.1, -0.05) is 0 Å². The summed E-state index contributed by atoms with van der Waals surface area (Å²) in [6.45, 7) is 12.4. The van der Waals surface area contributed by atoms with Crippen molar-refractivity contribution < 1.29 is 0 Å². The van der Waals surface area contributed by atoms with Gasteiger partial charge in [-0.05, 0) is 33.8 Å². The summed E-state index contributed by atoms with van der Waals surface area (Å²) in [5, 5.41) is 7.81. The van der Waals surface area contributed by atoms with E-state index in [1.807, 2.05) is 13.8 Å². The molecule has 1 aliphatic rings. The Morgan fingerprint density at radius 2 is 1.85 bits per heavy atom. The average Bonchev–Trinajstić information content (AvgIpc) is 2.37. The summed E-state index contributed by atoms with van der Waals surface area (Å²) in [4.78, 5) is 9.24. The van der Waals surface area contributed by atoms with E-state index < -0.39 is 0 Å². The first kappa shape index (κ1) is 14.8. The van der Waals surface area contributed by atoms with E-state index in [1.165, 1.54) is 0 Å². The lowest BCUT2D eigenvalue weighted by Crippen LogP contribution is -2.49. The zero-order chi connectivity index (χ0) is 14.9. The van der Waals surface area contributed by atoms with E-state index in [1.54, 1.807) is 0 Å². The number of nitrogens with zero attached hydrogens (tertiary/aromatic N) is 3. The van der Waals surface area contributed by atoms with Crippen molar-refractivity contribution >= 4 is 11.5 Å². The van der Waals surface area contributed by atoms with Crippen molar-refractivity contribution in [3.8, 4) is 0 Å². The molecular weight excluding hydrogens is 250 g/mol. The van der Waals surface area contributed by atoms with Crippen molar-refractivity contribution in [1.82, 2.24) is 9.88 Å². The highest BCUT2D eigenvalue weighted by Gasteiger charge is 2.22. The lowest BCUT2D eigenvalue weighted by Gasteiger charge is -2.39. The van der Waals surface area contributed by atoms with Gasteiger partial charge in [0.25, 0.3) is 0 Å². The van der Waals surface area contributed by atoms with Crippen LogP contribution in [0.1, 0.15) is 30.8 Å². The molecule has 0 radical (unpaired) electrons. The van der Waals surface area contributed by atoms with E-state index >= 15 is 0 Å². The van der Waals surface area contributed by atoms with Crippen molar-refractivity contribution in [2.24, 2.45) is 5.73 Å². The molecule has 0 saturated carbocycles. The van der Waals surface area contributed by atoms with Gasteiger partial charge in [-0.25, -0.2) is 0 Å². The second-order valence-corrected chi connectivity index (χ2v) is 5.77. The van der Waals surface area contributed by atoms with Crippen LogP contribution in [-0.4, -0.2) is 47.9 Å². The maximum absolute atomic E-state index is 7.81. The molecule has 5 heteroatoms. The number of hydrogen-bond donors (Lipinski definition) is 2. The molecule has 20 heavy (non-hydrogen) atoms. The van der Waals surface area contributed by atoms with Crippen molar-refractivity contribution in [3.63, 3.8) is 0 Å². The van der Waals surface area contributed by atoms with E-state index in [4.69, 9.17) is 11.1 Å². The molecule has 0 aliphatic carbocycles. The average molecular weight is 275 g/mol. The summed E-state index contributed by atoms with van der Waals surface area (Å²) < 4.78 is 0. The number of nitrogen functional groups attached to an aromatic ring is 1. The lowest BCUT2D eigenvalue weighted by molar-refractivity contribution is 0.209. The molecular formula is C15H25N5. The molecule has 0 aromatic carbocycles. The number of nitrogens with one attached hydrogen (secondary N) is 1. The van der Waals surface area contributed by atoms with Crippen LogP contribution in [-0.2, 0) is 0 Å². The molecule has 2 rings (SSSR count). The Balaban J connectivity index is 2.27. The molecule has 1 aliphatic heterocycles. The van der Waals surface area contributed by atoms with Gasteiger partial charge in [0.2, 0.25) is 0 Å². The van der Waals surface area contributed by atoms with E-state index in [0.717, 1.165) is 48.8 Å². The van der Waals surface area contributed by atoms with Crippen LogP contribution in [0, 0.1) is 19.3 Å². The van der Waals surface area contributed by atoms with Crippen LogP contribution in [0.4, 0.5) is 5.69 Å². The molecule has 0 bridgehead atoms. The number of aromatic nitrogens is 1. The first-order valence-corrected chi connectivity index (χ1v) is 7.21. The monoisotopic (exact) mass is 275 g/mol. The van der Waals surface area contributed by atoms with Gasteiger partial charge in [0, 0.05) is 37.9 Å². The fraction of sp³-hybridized carbons (Fsp3) is 0.600. The molecule has 1 fully saturated rings. The third-order valence-electron chi connectivity index (χ3n) is 3.96. The SMILES string of the molecule is Cc1cc(N2CCN(C(C)C)CC2)c(C(=N)N)c(C)n1. The van der Waals surface area contributed by atoms with Crippen molar-refractivity contribution in [1.29, 1.82) is 5.41 Å². The number of piperazine rings is 1. The molecule has 0 atom stereocenters. The Hall–Kier alpha value is -1.62. The standard InChI is InChI=1S/C15H25N5/c1-10(2)19-5-7-20(8-6-19)13-9-11(3)18-12(4)14(13)15(16)17/h9-10H,5-8H2,1-4H3,(H3,16,17). The number of rotatable bonds is 3. The summed E-state index contributed by atoms with van der Waals surface area (Å²) in [5.74, 6) is 0.108. The predicted molar refractivity (Wildman–Crippen MR) is 83.6 cm³/mol. The fourth-order valence-corrected chi connectivity index (χ4v) is 2.87. The van der Waals surface area contributed by atoms with Gasteiger partial charge < -0.3 is 10.6 Å². The minimum atomic E-state index is 0.108.